The van der Waals surface area contributed by atoms with Crippen LogP contribution in [0.2, 0.25) is 0 Å². The summed E-state index contributed by atoms with van der Waals surface area (Å²) in [6.07, 6.45) is 2.49. The van der Waals surface area contributed by atoms with Crippen molar-refractivity contribution in [3.05, 3.63) is 0 Å². The number of hydrogen-bond donors (Lipinski definition) is 1. The van der Waals surface area contributed by atoms with Crippen LogP contribution in [0.25, 0.3) is 0 Å². The maximum absolute atomic E-state index is 6.21. The third-order valence-corrected chi connectivity index (χ3v) is 5.52. The highest BCUT2D eigenvalue weighted by molar-refractivity contribution is 4.97. The van der Waals surface area contributed by atoms with E-state index >= 15 is 0 Å². The van der Waals surface area contributed by atoms with Gasteiger partial charge in [0.1, 0.15) is 0 Å². The quantitative estimate of drug-likeness (QED) is 0.746. The normalized spacial score (nSPS) is 25.6. The summed E-state index contributed by atoms with van der Waals surface area (Å²) in [7, 11) is 4.31. The van der Waals surface area contributed by atoms with Crippen LogP contribution in [0.5, 0.6) is 0 Å². The van der Waals surface area contributed by atoms with Gasteiger partial charge in [-0.25, -0.2) is 0 Å². The van der Waals surface area contributed by atoms with Crippen LogP contribution in [0.1, 0.15) is 19.8 Å². The Labute approximate surface area is 131 Å². The van der Waals surface area contributed by atoms with Gasteiger partial charge in [-0.3, -0.25) is 9.80 Å². The molecule has 0 atom stereocenters. The number of hydrogen-bond acceptors (Lipinski definition) is 5. The van der Waals surface area contributed by atoms with Gasteiger partial charge in [0, 0.05) is 51.4 Å². The third-order valence-electron chi connectivity index (χ3n) is 5.52. The summed E-state index contributed by atoms with van der Waals surface area (Å²) >= 11 is 0. The minimum atomic E-state index is 0.277. The van der Waals surface area contributed by atoms with Gasteiger partial charge in [-0.15, -0.1) is 0 Å². The number of nitrogens with two attached hydrogens (primary N) is 1. The molecule has 2 aliphatic heterocycles. The molecule has 0 aromatic heterocycles. The Kier molecular flexibility index (Phi) is 6.44. The van der Waals surface area contributed by atoms with Gasteiger partial charge < -0.3 is 15.5 Å². The maximum Gasteiger partial charge on any atom is 0.0357 e. The Hall–Kier alpha value is -0.200. The van der Waals surface area contributed by atoms with Crippen molar-refractivity contribution in [2.45, 2.75) is 25.3 Å². The number of likely N-dealkylation sites (tertiary alicyclic amines) is 1. The van der Waals surface area contributed by atoms with Crippen LogP contribution in [-0.4, -0.2) is 105 Å². The number of piperazine rings is 1. The molecule has 2 N–H and O–H groups in total. The summed E-state index contributed by atoms with van der Waals surface area (Å²) in [6, 6.07) is 0. The first-order chi connectivity index (χ1) is 10.1. The Balaban J connectivity index is 1.82. The second kappa shape index (κ2) is 7.88. The zero-order valence-electron chi connectivity index (χ0n) is 14.4. The summed E-state index contributed by atoms with van der Waals surface area (Å²) in [5, 5.41) is 0. The van der Waals surface area contributed by atoms with Crippen LogP contribution >= 0.6 is 0 Å². The van der Waals surface area contributed by atoms with Gasteiger partial charge in [-0.2, -0.15) is 0 Å². The summed E-state index contributed by atoms with van der Waals surface area (Å²) in [4.78, 5) is 10.1. The SMILES string of the molecule is CCN1CCC(CN)(N2CCN(CCN(C)C)CC2)CC1. The number of rotatable bonds is 6. The summed E-state index contributed by atoms with van der Waals surface area (Å²) < 4.78 is 0. The molecule has 2 heterocycles. The van der Waals surface area contributed by atoms with E-state index in [-0.39, 0.29) is 5.54 Å². The summed E-state index contributed by atoms with van der Waals surface area (Å²) in [5.41, 5.74) is 6.49. The van der Waals surface area contributed by atoms with Crippen molar-refractivity contribution in [2.24, 2.45) is 5.73 Å². The molecule has 2 aliphatic rings. The molecule has 0 aromatic carbocycles. The molecular formula is C16H35N5. The zero-order chi connectivity index (χ0) is 15.3. The number of likely N-dealkylation sites (N-methyl/N-ethyl adjacent to an activating group) is 1. The molecule has 0 spiro atoms. The predicted molar refractivity (Wildman–Crippen MR) is 89.7 cm³/mol. The van der Waals surface area contributed by atoms with E-state index in [1.54, 1.807) is 0 Å². The second-order valence-corrected chi connectivity index (χ2v) is 6.99. The molecule has 0 unspecified atom stereocenters. The van der Waals surface area contributed by atoms with Crippen molar-refractivity contribution in [1.29, 1.82) is 0 Å². The topological polar surface area (TPSA) is 39.0 Å². The molecule has 21 heavy (non-hydrogen) atoms. The van der Waals surface area contributed by atoms with Crippen LogP contribution < -0.4 is 5.73 Å². The van der Waals surface area contributed by atoms with Crippen LogP contribution in [-0.2, 0) is 0 Å². The molecule has 0 radical (unpaired) electrons. The first-order valence-electron chi connectivity index (χ1n) is 8.64. The van der Waals surface area contributed by atoms with Crippen molar-refractivity contribution in [1.82, 2.24) is 19.6 Å². The van der Waals surface area contributed by atoms with Gasteiger partial charge in [0.05, 0.1) is 0 Å². The average Bonchev–Trinajstić information content (AvgIpc) is 2.53. The lowest BCUT2D eigenvalue weighted by atomic mass is 9.85. The molecule has 0 saturated carbocycles. The van der Waals surface area contributed by atoms with Gasteiger partial charge in [0.15, 0.2) is 0 Å². The largest absolute Gasteiger partial charge is 0.329 e. The maximum atomic E-state index is 6.21. The fourth-order valence-electron chi connectivity index (χ4n) is 3.72. The lowest BCUT2D eigenvalue weighted by Crippen LogP contribution is -2.63. The molecule has 124 valence electrons. The zero-order valence-corrected chi connectivity index (χ0v) is 14.4. The molecule has 0 amide bonds. The fraction of sp³-hybridized carbons (Fsp3) is 1.00. The van der Waals surface area contributed by atoms with E-state index in [1.807, 2.05) is 0 Å². The highest BCUT2D eigenvalue weighted by Gasteiger charge is 2.39. The molecule has 2 saturated heterocycles. The monoisotopic (exact) mass is 297 g/mol. The molecule has 5 heteroatoms. The number of piperidine rings is 1. The summed E-state index contributed by atoms with van der Waals surface area (Å²) in [5.74, 6) is 0. The van der Waals surface area contributed by atoms with Gasteiger partial charge in [-0.05, 0) is 46.6 Å². The van der Waals surface area contributed by atoms with Crippen molar-refractivity contribution in [2.75, 3.05) is 79.5 Å². The Bertz CT molecular complexity index is 291. The number of nitrogens with zero attached hydrogens (tertiary/aromatic N) is 4. The average molecular weight is 297 g/mol. The molecular weight excluding hydrogens is 262 g/mol. The Morgan fingerprint density at radius 2 is 1.57 bits per heavy atom. The van der Waals surface area contributed by atoms with Gasteiger partial charge in [0.25, 0.3) is 0 Å². The molecule has 0 bridgehead atoms. The van der Waals surface area contributed by atoms with Crippen molar-refractivity contribution >= 4 is 0 Å². The van der Waals surface area contributed by atoms with Crippen molar-refractivity contribution in [3.8, 4) is 0 Å². The fourth-order valence-corrected chi connectivity index (χ4v) is 3.72. The first kappa shape index (κ1) is 17.2. The summed E-state index contributed by atoms with van der Waals surface area (Å²) in [6.45, 7) is 13.8. The van der Waals surface area contributed by atoms with Crippen molar-refractivity contribution in [3.63, 3.8) is 0 Å². The van der Waals surface area contributed by atoms with E-state index in [4.69, 9.17) is 5.73 Å². The minimum absolute atomic E-state index is 0.277. The van der Waals surface area contributed by atoms with Crippen LogP contribution in [0.3, 0.4) is 0 Å². The molecule has 5 nitrogen and oxygen atoms in total. The van der Waals surface area contributed by atoms with Crippen molar-refractivity contribution < 1.29 is 0 Å². The van der Waals surface area contributed by atoms with E-state index in [1.165, 1.54) is 65.2 Å². The first-order valence-corrected chi connectivity index (χ1v) is 8.64. The molecule has 0 aromatic rings. The van der Waals surface area contributed by atoms with E-state index in [9.17, 15) is 0 Å². The minimum Gasteiger partial charge on any atom is -0.329 e. The molecule has 2 fully saturated rings. The second-order valence-electron chi connectivity index (χ2n) is 6.99. The molecule has 2 rings (SSSR count). The van der Waals surface area contributed by atoms with Gasteiger partial charge in [-0.1, -0.05) is 6.92 Å². The van der Waals surface area contributed by atoms with Crippen LogP contribution in [0, 0.1) is 0 Å². The lowest BCUT2D eigenvalue weighted by Gasteiger charge is -2.51. The smallest absolute Gasteiger partial charge is 0.0357 e. The third kappa shape index (κ3) is 4.39. The Morgan fingerprint density at radius 3 is 2.05 bits per heavy atom. The van der Waals surface area contributed by atoms with E-state index in [2.05, 4.69) is 40.6 Å². The lowest BCUT2D eigenvalue weighted by molar-refractivity contribution is -0.00549. The van der Waals surface area contributed by atoms with Crippen LogP contribution in [0.15, 0.2) is 0 Å². The Morgan fingerprint density at radius 1 is 0.952 bits per heavy atom. The van der Waals surface area contributed by atoms with Crippen LogP contribution in [0.4, 0.5) is 0 Å². The van der Waals surface area contributed by atoms with Gasteiger partial charge in [0.2, 0.25) is 0 Å². The van der Waals surface area contributed by atoms with E-state index < -0.39 is 0 Å². The van der Waals surface area contributed by atoms with E-state index in [0.29, 0.717) is 0 Å². The van der Waals surface area contributed by atoms with Gasteiger partial charge >= 0.3 is 0 Å². The highest BCUT2D eigenvalue weighted by atomic mass is 15.3. The predicted octanol–water partition coefficient (Wildman–Crippen LogP) is -0.0212. The molecule has 0 aliphatic carbocycles. The standard InChI is InChI=1S/C16H35N5/c1-4-19-7-5-16(15-17,6-8-19)21-13-11-20(12-14-21)10-9-18(2)3/h4-15,17H2,1-3H3. The highest BCUT2D eigenvalue weighted by Crippen LogP contribution is 2.29. The van der Waals surface area contributed by atoms with E-state index in [0.717, 1.165) is 13.1 Å².